The highest BCUT2D eigenvalue weighted by Gasteiger charge is 1.71. The van der Waals surface area contributed by atoms with Crippen molar-refractivity contribution in [2.75, 3.05) is 0 Å². The molecule has 0 aromatic heterocycles. The number of hydrogen-bond acceptors (Lipinski definition) is 0. The molecule has 0 aromatic rings. The molecule has 0 saturated carbocycles. The molecule has 0 N–H and O–H groups in total. The van der Waals surface area contributed by atoms with Crippen molar-refractivity contribution < 1.29 is 0 Å². The molecule has 0 nitrogen and oxygen atoms in total. The fraction of sp³-hybridized carbons (Fsp3) is 0.500. The van der Waals surface area contributed by atoms with Gasteiger partial charge in [-0.3, -0.25) is 0 Å². The number of terminal acetylenes is 1. The first-order chi connectivity index (χ1) is 3.91. The quantitative estimate of drug-likeness (QED) is 0.296. The van der Waals surface area contributed by atoms with E-state index in [4.69, 9.17) is 6.42 Å². The molecular weight excluding hydrogens is 96.1 g/mol. The fourth-order valence-electron chi connectivity index (χ4n) is 0.451. The lowest BCUT2D eigenvalue weighted by Gasteiger charge is -1.79. The zero-order chi connectivity index (χ0) is 6.24. The molecule has 0 amide bonds. The van der Waals surface area contributed by atoms with Crippen molar-refractivity contribution in [3.05, 3.63) is 12.2 Å². The zero-order valence-corrected chi connectivity index (χ0v) is 5.35. The van der Waals surface area contributed by atoms with Gasteiger partial charge in [0.05, 0.1) is 0 Å². The van der Waals surface area contributed by atoms with E-state index in [1.54, 1.807) is 0 Å². The first-order valence-electron chi connectivity index (χ1n) is 3.00. The van der Waals surface area contributed by atoms with Crippen LogP contribution in [0.15, 0.2) is 12.2 Å². The molecular formula is C8H12. The van der Waals surface area contributed by atoms with Crippen LogP contribution in [0.5, 0.6) is 0 Å². The van der Waals surface area contributed by atoms with Gasteiger partial charge in [0.2, 0.25) is 0 Å². The largest absolute Gasteiger partial charge is 0.120 e. The van der Waals surface area contributed by atoms with Crippen molar-refractivity contribution >= 4 is 0 Å². The van der Waals surface area contributed by atoms with Crippen LogP contribution in [0.25, 0.3) is 0 Å². The molecule has 0 aliphatic rings. The third-order valence-corrected chi connectivity index (χ3v) is 0.858. The second-order valence-corrected chi connectivity index (χ2v) is 1.62. The minimum absolute atomic E-state index is 0.872. The van der Waals surface area contributed by atoms with Gasteiger partial charge in [-0.05, 0) is 12.8 Å². The summed E-state index contributed by atoms with van der Waals surface area (Å²) in [4.78, 5) is 0. The molecule has 0 bridgehead atoms. The molecule has 0 radical (unpaired) electrons. The Labute approximate surface area is 51.6 Å². The van der Waals surface area contributed by atoms with Crippen molar-refractivity contribution in [2.24, 2.45) is 0 Å². The Morgan fingerprint density at radius 3 is 2.75 bits per heavy atom. The lowest BCUT2D eigenvalue weighted by atomic mass is 10.3. The van der Waals surface area contributed by atoms with Gasteiger partial charge in [0.15, 0.2) is 0 Å². The van der Waals surface area contributed by atoms with Gasteiger partial charge in [-0.25, -0.2) is 0 Å². The van der Waals surface area contributed by atoms with Crippen LogP contribution in [-0.4, -0.2) is 0 Å². The molecule has 8 heavy (non-hydrogen) atoms. The van der Waals surface area contributed by atoms with E-state index in [-0.39, 0.29) is 0 Å². The van der Waals surface area contributed by atoms with Gasteiger partial charge in [-0.15, -0.1) is 12.3 Å². The molecule has 0 rings (SSSR count). The number of rotatable bonds is 3. The summed E-state index contributed by atoms with van der Waals surface area (Å²) >= 11 is 0. The molecule has 0 aromatic carbocycles. The average molecular weight is 108 g/mol. The van der Waals surface area contributed by atoms with Crippen LogP contribution in [0, 0.1) is 12.3 Å². The van der Waals surface area contributed by atoms with E-state index in [9.17, 15) is 0 Å². The third-order valence-electron chi connectivity index (χ3n) is 0.858. The normalized spacial score (nSPS) is 9.50. The maximum Gasteiger partial charge on any atom is 0.0121 e. The van der Waals surface area contributed by atoms with Crippen molar-refractivity contribution in [1.82, 2.24) is 0 Å². The van der Waals surface area contributed by atoms with E-state index in [1.807, 2.05) is 0 Å². The molecule has 0 unspecified atom stereocenters. The molecule has 0 spiro atoms. The summed E-state index contributed by atoms with van der Waals surface area (Å²) in [6.07, 6.45) is 12.3. The highest BCUT2D eigenvalue weighted by atomic mass is 13.8. The van der Waals surface area contributed by atoms with Gasteiger partial charge in [0.25, 0.3) is 0 Å². The van der Waals surface area contributed by atoms with Gasteiger partial charge >= 0.3 is 0 Å². The van der Waals surface area contributed by atoms with Gasteiger partial charge in [-0.1, -0.05) is 19.1 Å². The van der Waals surface area contributed by atoms with E-state index < -0.39 is 0 Å². The van der Waals surface area contributed by atoms with Crippen molar-refractivity contribution in [3.8, 4) is 12.3 Å². The Morgan fingerprint density at radius 2 is 2.25 bits per heavy atom. The van der Waals surface area contributed by atoms with Gasteiger partial charge < -0.3 is 0 Å². The Balaban J connectivity index is 2.94. The van der Waals surface area contributed by atoms with Crippen LogP contribution in [-0.2, 0) is 0 Å². The second kappa shape index (κ2) is 6.30. The monoisotopic (exact) mass is 108 g/mol. The van der Waals surface area contributed by atoms with Crippen molar-refractivity contribution in [1.29, 1.82) is 0 Å². The summed E-state index contributed by atoms with van der Waals surface area (Å²) in [6.45, 7) is 2.12. The summed E-state index contributed by atoms with van der Waals surface area (Å²) in [5.74, 6) is 2.58. The molecule has 0 heterocycles. The second-order valence-electron chi connectivity index (χ2n) is 1.62. The summed E-state index contributed by atoms with van der Waals surface area (Å²) in [7, 11) is 0. The van der Waals surface area contributed by atoms with Crippen molar-refractivity contribution in [2.45, 2.75) is 26.2 Å². The Hall–Kier alpha value is -0.700. The molecule has 44 valence electrons. The summed E-state index contributed by atoms with van der Waals surface area (Å²) in [6, 6.07) is 0. The Kier molecular flexibility index (Phi) is 5.75. The number of allylic oxidation sites excluding steroid dienone is 2. The van der Waals surface area contributed by atoms with E-state index in [2.05, 4.69) is 25.0 Å². The van der Waals surface area contributed by atoms with E-state index in [0.717, 1.165) is 19.3 Å². The highest BCUT2D eigenvalue weighted by Crippen LogP contribution is 1.89. The predicted octanol–water partition coefficient (Wildman–Crippen LogP) is 2.37. The molecule has 0 heteroatoms. The fourth-order valence-corrected chi connectivity index (χ4v) is 0.451. The number of hydrogen-bond donors (Lipinski definition) is 0. The van der Waals surface area contributed by atoms with E-state index in [1.165, 1.54) is 0 Å². The number of unbranched alkanes of at least 4 members (excludes halogenated alkanes) is 1. The SMILES string of the molecule is C#CCC/C=C/CC. The van der Waals surface area contributed by atoms with Crippen LogP contribution in [0.2, 0.25) is 0 Å². The zero-order valence-electron chi connectivity index (χ0n) is 5.35. The lowest BCUT2D eigenvalue weighted by Crippen LogP contribution is -1.62. The van der Waals surface area contributed by atoms with Crippen molar-refractivity contribution in [3.63, 3.8) is 0 Å². The third kappa shape index (κ3) is 5.30. The first-order valence-corrected chi connectivity index (χ1v) is 3.00. The van der Waals surface area contributed by atoms with Gasteiger partial charge in [0.1, 0.15) is 0 Å². The van der Waals surface area contributed by atoms with Crippen LogP contribution < -0.4 is 0 Å². The minimum Gasteiger partial charge on any atom is -0.120 e. The molecule has 0 saturated heterocycles. The predicted molar refractivity (Wildman–Crippen MR) is 37.5 cm³/mol. The molecule has 0 atom stereocenters. The van der Waals surface area contributed by atoms with Gasteiger partial charge in [-0.2, -0.15) is 0 Å². The van der Waals surface area contributed by atoms with Crippen LogP contribution in [0.1, 0.15) is 26.2 Å². The topological polar surface area (TPSA) is 0 Å². The maximum atomic E-state index is 5.03. The molecule has 0 aliphatic heterocycles. The van der Waals surface area contributed by atoms with E-state index in [0.29, 0.717) is 0 Å². The first kappa shape index (κ1) is 7.30. The summed E-state index contributed by atoms with van der Waals surface area (Å²) in [5, 5.41) is 0. The Bertz CT molecular complexity index is 93.1. The van der Waals surface area contributed by atoms with E-state index >= 15 is 0 Å². The van der Waals surface area contributed by atoms with Crippen LogP contribution in [0.3, 0.4) is 0 Å². The Morgan fingerprint density at radius 1 is 1.50 bits per heavy atom. The minimum atomic E-state index is 0.872. The summed E-state index contributed by atoms with van der Waals surface area (Å²) < 4.78 is 0. The van der Waals surface area contributed by atoms with Gasteiger partial charge in [0, 0.05) is 6.42 Å². The average Bonchev–Trinajstić information content (AvgIpc) is 1.81. The highest BCUT2D eigenvalue weighted by molar-refractivity contribution is 4.89. The maximum absolute atomic E-state index is 5.03. The van der Waals surface area contributed by atoms with Crippen LogP contribution >= 0.6 is 0 Å². The molecule has 0 fully saturated rings. The standard InChI is InChI=1S/C8H12/c1-3-5-7-8-6-4-2/h1,6,8H,4-5,7H2,2H3/b8-6+. The summed E-state index contributed by atoms with van der Waals surface area (Å²) in [5.41, 5.74) is 0. The lowest BCUT2D eigenvalue weighted by molar-refractivity contribution is 1.07. The van der Waals surface area contributed by atoms with Crippen LogP contribution in [0.4, 0.5) is 0 Å². The smallest absolute Gasteiger partial charge is 0.0121 e. The molecule has 0 aliphatic carbocycles.